The Morgan fingerprint density at radius 2 is 1.79 bits per heavy atom. The van der Waals surface area contributed by atoms with Gasteiger partial charge in [0, 0.05) is 35.0 Å². The van der Waals surface area contributed by atoms with Crippen molar-refractivity contribution < 1.29 is 14.3 Å². The second kappa shape index (κ2) is 11.7. The van der Waals surface area contributed by atoms with E-state index in [1.54, 1.807) is 20.3 Å². The Morgan fingerprint density at radius 3 is 2.51 bits per heavy atom. The normalized spacial score (nSPS) is 15.5. The van der Waals surface area contributed by atoms with Crippen molar-refractivity contribution in [1.82, 2.24) is 20.2 Å². The van der Waals surface area contributed by atoms with Gasteiger partial charge in [-0.2, -0.15) is 0 Å². The van der Waals surface area contributed by atoms with Gasteiger partial charge in [-0.05, 0) is 86.8 Å². The second-order valence-corrected chi connectivity index (χ2v) is 10.2. The summed E-state index contributed by atoms with van der Waals surface area (Å²) < 4.78 is 10.7. The maximum Gasteiger partial charge on any atom is 0.244 e. The molecule has 1 fully saturated rings. The van der Waals surface area contributed by atoms with Crippen molar-refractivity contribution >= 4 is 23.0 Å². The number of fused-ring (bicyclic) bond motifs is 1. The average molecular weight is 525 g/mol. The summed E-state index contributed by atoms with van der Waals surface area (Å²) in [7, 11) is 5.39. The van der Waals surface area contributed by atoms with Crippen molar-refractivity contribution in [3.8, 4) is 22.6 Å². The minimum atomic E-state index is -0.198. The van der Waals surface area contributed by atoms with Crippen LogP contribution in [0.5, 0.6) is 11.5 Å². The van der Waals surface area contributed by atoms with Crippen LogP contribution in [0.1, 0.15) is 48.4 Å². The van der Waals surface area contributed by atoms with Crippen molar-refractivity contribution in [2.24, 2.45) is 0 Å². The Balaban J connectivity index is 1.28. The topological polar surface area (TPSA) is 79.5 Å². The fraction of sp³-hybridized carbons (Fsp3) is 0.312. The number of likely N-dealkylation sites (tertiary alicyclic amines) is 1. The first kappa shape index (κ1) is 26.5. The summed E-state index contributed by atoms with van der Waals surface area (Å²) in [6.45, 7) is 4.25. The van der Waals surface area contributed by atoms with Gasteiger partial charge >= 0.3 is 0 Å². The number of ether oxygens (including phenoxy) is 2. The molecule has 7 heteroatoms. The fourth-order valence-electron chi connectivity index (χ4n) is 5.24. The first-order valence-electron chi connectivity index (χ1n) is 13.4. The number of nitrogens with one attached hydrogen (secondary N) is 2. The van der Waals surface area contributed by atoms with Crippen molar-refractivity contribution in [2.45, 2.75) is 31.7 Å². The number of benzene rings is 2. The number of hydrogen-bond acceptors (Lipinski definition) is 5. The molecule has 4 aromatic rings. The molecule has 1 atom stereocenters. The van der Waals surface area contributed by atoms with Crippen LogP contribution >= 0.6 is 0 Å². The summed E-state index contributed by atoms with van der Waals surface area (Å²) in [4.78, 5) is 23.0. The molecule has 2 N–H and O–H groups in total. The molecule has 0 radical (unpaired) electrons. The van der Waals surface area contributed by atoms with Crippen molar-refractivity contribution in [1.29, 1.82) is 0 Å². The van der Waals surface area contributed by atoms with Gasteiger partial charge in [0.1, 0.15) is 5.65 Å². The van der Waals surface area contributed by atoms with Crippen LogP contribution < -0.4 is 14.8 Å². The average Bonchev–Trinajstić information content (AvgIpc) is 3.38. The number of nitrogens with zero attached hydrogens (tertiary/aromatic N) is 2. The quantitative estimate of drug-likeness (QED) is 0.279. The lowest BCUT2D eigenvalue weighted by Gasteiger charge is -2.29. The third-order valence-corrected chi connectivity index (χ3v) is 7.68. The molecule has 1 aliphatic heterocycles. The monoisotopic (exact) mass is 524 g/mol. The number of amides is 1. The van der Waals surface area contributed by atoms with Crippen LogP contribution in [0.25, 0.3) is 28.2 Å². The molecular weight excluding hydrogens is 488 g/mol. The largest absolute Gasteiger partial charge is 0.493 e. The highest BCUT2D eigenvalue weighted by Gasteiger charge is 2.18. The van der Waals surface area contributed by atoms with Gasteiger partial charge < -0.3 is 24.7 Å². The minimum Gasteiger partial charge on any atom is -0.493 e. The number of hydrogen-bond donors (Lipinski definition) is 2. The predicted molar refractivity (Wildman–Crippen MR) is 156 cm³/mol. The number of H-pyrrole nitrogens is 1. The number of methoxy groups -OCH3 is 2. The number of aromatic nitrogens is 2. The predicted octanol–water partition coefficient (Wildman–Crippen LogP) is 5.95. The second-order valence-electron chi connectivity index (χ2n) is 10.2. The van der Waals surface area contributed by atoms with Crippen LogP contribution in [0.15, 0.2) is 67.0 Å². The number of pyridine rings is 1. The fourth-order valence-corrected chi connectivity index (χ4v) is 5.24. The van der Waals surface area contributed by atoms with Crippen LogP contribution in [-0.2, 0) is 4.79 Å². The highest BCUT2D eigenvalue weighted by molar-refractivity contribution is 5.96. The Bertz CT molecular complexity index is 1470. The van der Waals surface area contributed by atoms with E-state index in [0.717, 1.165) is 46.4 Å². The van der Waals surface area contributed by atoms with Gasteiger partial charge in [-0.25, -0.2) is 4.98 Å². The van der Waals surface area contributed by atoms with Gasteiger partial charge in [-0.1, -0.05) is 30.3 Å². The standard InChI is InChI=1S/C32H36N4O3/c1-21(25-9-11-29(38-3)30(18-25)39-4)35-31(37)12-10-26-19-33-32-28(26)17-27(20-34-32)23-7-5-22(6-8-23)24-13-15-36(2)16-14-24/h5-12,17-21,24H,13-16H2,1-4H3,(H,33,34)(H,35,37)/b12-10+/t21-/m1/s1. The molecule has 7 nitrogen and oxygen atoms in total. The molecule has 0 aliphatic carbocycles. The van der Waals surface area contributed by atoms with E-state index >= 15 is 0 Å². The van der Waals surface area contributed by atoms with E-state index in [-0.39, 0.29) is 11.9 Å². The van der Waals surface area contributed by atoms with E-state index in [9.17, 15) is 4.79 Å². The van der Waals surface area contributed by atoms with E-state index in [4.69, 9.17) is 9.47 Å². The summed E-state index contributed by atoms with van der Waals surface area (Å²) in [5.41, 5.74) is 6.24. The van der Waals surface area contributed by atoms with Gasteiger partial charge in [-0.15, -0.1) is 0 Å². The number of carbonyl (C=O) groups excluding carboxylic acids is 1. The van der Waals surface area contributed by atoms with Crippen molar-refractivity contribution in [3.63, 3.8) is 0 Å². The number of piperidine rings is 1. The maximum atomic E-state index is 12.7. The molecule has 1 amide bonds. The number of carbonyl (C=O) groups is 1. The first-order valence-corrected chi connectivity index (χ1v) is 13.4. The Hall–Kier alpha value is -4.10. The van der Waals surface area contributed by atoms with E-state index < -0.39 is 0 Å². The van der Waals surface area contributed by atoms with Gasteiger partial charge in [0.2, 0.25) is 5.91 Å². The molecule has 2 aromatic heterocycles. The highest BCUT2D eigenvalue weighted by Crippen LogP contribution is 2.31. The van der Waals surface area contributed by atoms with Gasteiger partial charge in [0.15, 0.2) is 11.5 Å². The lowest BCUT2D eigenvalue weighted by molar-refractivity contribution is -0.117. The highest BCUT2D eigenvalue weighted by atomic mass is 16.5. The molecular formula is C32H36N4O3. The third kappa shape index (κ3) is 5.99. The van der Waals surface area contributed by atoms with Crippen LogP contribution in [0.2, 0.25) is 0 Å². The smallest absolute Gasteiger partial charge is 0.244 e. The van der Waals surface area contributed by atoms with E-state index in [1.807, 2.05) is 43.6 Å². The summed E-state index contributed by atoms with van der Waals surface area (Å²) in [5.74, 6) is 1.74. The number of rotatable bonds is 8. The Kier molecular flexibility index (Phi) is 7.98. The summed E-state index contributed by atoms with van der Waals surface area (Å²) in [5, 5.41) is 3.99. The summed E-state index contributed by atoms with van der Waals surface area (Å²) in [6.07, 6.45) is 9.58. The molecule has 5 rings (SSSR count). The molecule has 2 aromatic carbocycles. The maximum absolute atomic E-state index is 12.7. The molecule has 0 spiro atoms. The van der Waals surface area contributed by atoms with E-state index in [2.05, 4.69) is 57.6 Å². The molecule has 3 heterocycles. The zero-order chi connectivity index (χ0) is 27.4. The first-order chi connectivity index (χ1) is 18.9. The van der Waals surface area contributed by atoms with Crippen molar-refractivity contribution in [2.75, 3.05) is 34.4 Å². The molecule has 0 bridgehead atoms. The molecule has 1 saturated heterocycles. The van der Waals surface area contributed by atoms with Gasteiger partial charge in [-0.3, -0.25) is 4.79 Å². The molecule has 0 unspecified atom stereocenters. The third-order valence-electron chi connectivity index (χ3n) is 7.68. The lowest BCUT2D eigenvalue weighted by atomic mass is 9.89. The molecule has 202 valence electrons. The molecule has 39 heavy (non-hydrogen) atoms. The van der Waals surface area contributed by atoms with Crippen molar-refractivity contribution in [3.05, 3.63) is 83.7 Å². The van der Waals surface area contributed by atoms with Gasteiger partial charge in [0.25, 0.3) is 0 Å². The van der Waals surface area contributed by atoms with Gasteiger partial charge in [0.05, 0.1) is 20.3 Å². The zero-order valence-electron chi connectivity index (χ0n) is 23.0. The van der Waals surface area contributed by atoms with Crippen LogP contribution in [0.3, 0.4) is 0 Å². The van der Waals surface area contributed by atoms with E-state index in [0.29, 0.717) is 17.4 Å². The Labute approximate surface area is 229 Å². The van der Waals surface area contributed by atoms with Crippen LogP contribution in [0, 0.1) is 0 Å². The summed E-state index contributed by atoms with van der Waals surface area (Å²) in [6, 6.07) is 16.5. The van der Waals surface area contributed by atoms with Crippen LogP contribution in [0.4, 0.5) is 0 Å². The summed E-state index contributed by atoms with van der Waals surface area (Å²) >= 11 is 0. The number of aromatic amines is 1. The zero-order valence-corrected chi connectivity index (χ0v) is 23.0. The molecule has 1 aliphatic rings. The SMILES string of the molecule is COc1ccc([C@@H](C)NC(=O)/C=C/c2c[nH]c3ncc(-c4ccc(C5CCN(C)CC5)cc4)cc23)cc1OC. The molecule has 0 saturated carbocycles. The van der Waals surface area contributed by atoms with Crippen LogP contribution in [-0.4, -0.2) is 55.1 Å². The lowest BCUT2D eigenvalue weighted by Crippen LogP contribution is -2.29. The minimum absolute atomic E-state index is 0.180. The van der Waals surface area contributed by atoms with E-state index in [1.165, 1.54) is 18.4 Å². The Morgan fingerprint density at radius 1 is 1.05 bits per heavy atom.